The molecular formula is C20H20N2O5S. The number of aromatic nitrogens is 1. The van der Waals surface area contributed by atoms with E-state index in [1.807, 2.05) is 30.3 Å². The molecule has 7 nitrogen and oxygen atoms in total. The average Bonchev–Trinajstić information content (AvgIpc) is 3.10. The maximum Gasteiger partial charge on any atom is 0.246 e. The van der Waals surface area contributed by atoms with Crippen molar-refractivity contribution < 1.29 is 22.8 Å². The first-order valence-electron chi connectivity index (χ1n) is 8.57. The van der Waals surface area contributed by atoms with E-state index in [9.17, 15) is 18.4 Å². The molecule has 0 unspecified atom stereocenters. The van der Waals surface area contributed by atoms with Crippen LogP contribution in [0.25, 0.3) is 22.6 Å². The van der Waals surface area contributed by atoms with Gasteiger partial charge in [-0.1, -0.05) is 30.3 Å². The highest BCUT2D eigenvalue weighted by Crippen LogP contribution is 2.33. The van der Waals surface area contributed by atoms with Crippen LogP contribution in [0.3, 0.4) is 0 Å². The molecule has 0 fully saturated rings. The first-order valence-corrected chi connectivity index (χ1v) is 10.5. The van der Waals surface area contributed by atoms with Crippen molar-refractivity contribution in [2.75, 3.05) is 13.3 Å². The van der Waals surface area contributed by atoms with Crippen molar-refractivity contribution >= 4 is 15.7 Å². The molecule has 1 heterocycles. The summed E-state index contributed by atoms with van der Waals surface area (Å²) in [6.45, 7) is 0. The fourth-order valence-corrected chi connectivity index (χ4v) is 3.32. The fourth-order valence-electron chi connectivity index (χ4n) is 2.69. The number of hydrogen-bond donors (Lipinski definition) is 1. The van der Waals surface area contributed by atoms with Crippen molar-refractivity contribution in [1.29, 1.82) is 0 Å². The molecule has 0 radical (unpaired) electrons. The second kappa shape index (κ2) is 7.95. The smallest absolute Gasteiger partial charge is 0.246 e. The summed E-state index contributed by atoms with van der Waals surface area (Å²) in [6, 6.07) is 15.8. The molecule has 146 valence electrons. The van der Waals surface area contributed by atoms with E-state index in [0.29, 0.717) is 28.0 Å². The summed E-state index contributed by atoms with van der Waals surface area (Å²) in [5.41, 5.74) is 2.12. The van der Waals surface area contributed by atoms with E-state index < -0.39 is 15.7 Å². The van der Waals surface area contributed by atoms with Gasteiger partial charge >= 0.3 is 0 Å². The maximum atomic E-state index is 11.7. The third-order valence-electron chi connectivity index (χ3n) is 4.18. The molecule has 1 aromatic heterocycles. The Labute approximate surface area is 163 Å². The molecule has 0 aliphatic heterocycles. The zero-order valence-corrected chi connectivity index (χ0v) is 16.3. The van der Waals surface area contributed by atoms with Crippen LogP contribution >= 0.6 is 0 Å². The lowest BCUT2D eigenvalue weighted by atomic mass is 10.1. The van der Waals surface area contributed by atoms with Gasteiger partial charge in [0, 0.05) is 37.3 Å². The molecule has 0 aliphatic rings. The van der Waals surface area contributed by atoms with Gasteiger partial charge in [0.05, 0.1) is 4.90 Å². The fraction of sp³-hybridized carbons (Fsp3) is 0.200. The topological polar surface area (TPSA) is 101 Å². The monoisotopic (exact) mass is 400 g/mol. The standard InChI is InChI=1S/C20H20N2O5S/c1-22(24)18(23)13-12-17-21-19(14-6-4-3-5-7-14)20(27-17)15-8-10-16(11-9-15)28(2,25)26/h3-11,24H,12-13H2,1-2H3. The van der Waals surface area contributed by atoms with Crippen molar-refractivity contribution in [1.82, 2.24) is 10.0 Å². The van der Waals surface area contributed by atoms with Gasteiger partial charge in [-0.25, -0.2) is 18.5 Å². The lowest BCUT2D eigenvalue weighted by molar-refractivity contribution is -0.159. The first kappa shape index (κ1) is 19.8. The van der Waals surface area contributed by atoms with Crippen LogP contribution < -0.4 is 0 Å². The number of benzene rings is 2. The van der Waals surface area contributed by atoms with E-state index in [2.05, 4.69) is 4.98 Å². The van der Waals surface area contributed by atoms with Gasteiger partial charge in [0.15, 0.2) is 21.5 Å². The minimum atomic E-state index is -3.30. The van der Waals surface area contributed by atoms with Crippen LogP contribution in [0.2, 0.25) is 0 Å². The highest BCUT2D eigenvalue weighted by Gasteiger charge is 2.19. The summed E-state index contributed by atoms with van der Waals surface area (Å²) < 4.78 is 29.3. The van der Waals surface area contributed by atoms with Crippen molar-refractivity contribution in [2.45, 2.75) is 17.7 Å². The van der Waals surface area contributed by atoms with Gasteiger partial charge in [0.25, 0.3) is 0 Å². The number of aryl methyl sites for hydroxylation is 1. The van der Waals surface area contributed by atoms with Crippen molar-refractivity contribution in [3.8, 4) is 22.6 Å². The summed E-state index contributed by atoms with van der Waals surface area (Å²) >= 11 is 0. The number of sulfone groups is 1. The maximum absolute atomic E-state index is 11.7. The van der Waals surface area contributed by atoms with E-state index >= 15 is 0 Å². The summed E-state index contributed by atoms with van der Waals surface area (Å²) in [5.74, 6) is 0.404. The Morgan fingerprint density at radius 3 is 2.29 bits per heavy atom. The van der Waals surface area contributed by atoms with Gasteiger partial charge in [-0.2, -0.15) is 0 Å². The Bertz CT molecular complexity index is 1070. The molecule has 1 amide bonds. The first-order chi connectivity index (χ1) is 13.3. The Kier molecular flexibility index (Phi) is 5.62. The zero-order valence-electron chi connectivity index (χ0n) is 15.5. The molecule has 1 N–H and O–H groups in total. The molecular weight excluding hydrogens is 380 g/mol. The van der Waals surface area contributed by atoms with E-state index in [1.54, 1.807) is 12.1 Å². The van der Waals surface area contributed by atoms with Gasteiger partial charge in [-0.3, -0.25) is 10.0 Å². The van der Waals surface area contributed by atoms with Crippen LogP contribution in [0.5, 0.6) is 0 Å². The van der Waals surface area contributed by atoms with E-state index in [1.165, 1.54) is 19.2 Å². The Hall–Kier alpha value is -2.97. The third kappa shape index (κ3) is 4.47. The van der Waals surface area contributed by atoms with E-state index in [-0.39, 0.29) is 17.7 Å². The molecule has 3 rings (SSSR count). The molecule has 8 heteroatoms. The van der Waals surface area contributed by atoms with Gasteiger partial charge in [0.1, 0.15) is 5.69 Å². The number of hydroxylamine groups is 2. The largest absolute Gasteiger partial charge is 0.440 e. The molecule has 3 aromatic rings. The SMILES string of the molecule is CN(O)C(=O)CCc1nc(-c2ccccc2)c(-c2ccc(S(C)(=O)=O)cc2)o1. The highest BCUT2D eigenvalue weighted by molar-refractivity contribution is 7.90. The Morgan fingerprint density at radius 1 is 1.07 bits per heavy atom. The second-order valence-corrected chi connectivity index (χ2v) is 8.38. The van der Waals surface area contributed by atoms with Crippen molar-refractivity contribution in [3.05, 3.63) is 60.5 Å². The van der Waals surface area contributed by atoms with Crippen LogP contribution in [0.1, 0.15) is 12.3 Å². The van der Waals surface area contributed by atoms with Gasteiger partial charge in [0.2, 0.25) is 5.91 Å². The van der Waals surface area contributed by atoms with Crippen molar-refractivity contribution in [3.63, 3.8) is 0 Å². The molecule has 2 aromatic carbocycles. The average molecular weight is 400 g/mol. The van der Waals surface area contributed by atoms with E-state index in [4.69, 9.17) is 4.42 Å². The van der Waals surface area contributed by atoms with Crippen LogP contribution in [-0.2, 0) is 21.1 Å². The minimum absolute atomic E-state index is 0.0498. The lowest BCUT2D eigenvalue weighted by Crippen LogP contribution is -2.22. The van der Waals surface area contributed by atoms with Gasteiger partial charge in [-0.15, -0.1) is 0 Å². The van der Waals surface area contributed by atoms with Crippen LogP contribution in [0, 0.1) is 0 Å². The summed E-state index contributed by atoms with van der Waals surface area (Å²) in [5, 5.41) is 9.72. The quantitative estimate of drug-likeness (QED) is 0.504. The number of amides is 1. The second-order valence-electron chi connectivity index (χ2n) is 6.37. The molecule has 0 saturated carbocycles. The van der Waals surface area contributed by atoms with Crippen LogP contribution in [0.15, 0.2) is 63.9 Å². The van der Waals surface area contributed by atoms with Crippen LogP contribution in [-0.4, -0.2) is 42.9 Å². The number of oxazole rings is 1. The zero-order chi connectivity index (χ0) is 20.3. The Morgan fingerprint density at radius 2 is 1.71 bits per heavy atom. The molecule has 0 atom stereocenters. The number of carbonyl (C=O) groups is 1. The molecule has 0 spiro atoms. The third-order valence-corrected chi connectivity index (χ3v) is 5.31. The van der Waals surface area contributed by atoms with Crippen LogP contribution in [0.4, 0.5) is 0 Å². The van der Waals surface area contributed by atoms with Gasteiger partial charge < -0.3 is 4.42 Å². The molecule has 0 saturated heterocycles. The van der Waals surface area contributed by atoms with Crippen molar-refractivity contribution in [2.24, 2.45) is 0 Å². The van der Waals surface area contributed by atoms with E-state index in [0.717, 1.165) is 11.8 Å². The molecule has 0 bridgehead atoms. The highest BCUT2D eigenvalue weighted by atomic mass is 32.2. The number of hydrogen-bond acceptors (Lipinski definition) is 6. The normalized spacial score (nSPS) is 11.4. The lowest BCUT2D eigenvalue weighted by Gasteiger charge is -2.06. The molecule has 0 aliphatic carbocycles. The minimum Gasteiger partial charge on any atom is -0.440 e. The Balaban J connectivity index is 2.00. The summed E-state index contributed by atoms with van der Waals surface area (Å²) in [7, 11) is -2.03. The molecule has 28 heavy (non-hydrogen) atoms. The van der Waals surface area contributed by atoms with Gasteiger partial charge in [-0.05, 0) is 24.3 Å². The number of rotatable bonds is 6. The predicted molar refractivity (Wildman–Crippen MR) is 103 cm³/mol. The number of carbonyl (C=O) groups excluding carboxylic acids is 1. The number of nitrogens with zero attached hydrogens (tertiary/aromatic N) is 2. The summed E-state index contributed by atoms with van der Waals surface area (Å²) in [4.78, 5) is 16.4. The summed E-state index contributed by atoms with van der Waals surface area (Å²) in [6.07, 6.45) is 1.43. The predicted octanol–water partition coefficient (Wildman–Crippen LogP) is 3.19.